The van der Waals surface area contributed by atoms with Gasteiger partial charge in [-0.3, -0.25) is 4.90 Å². The number of anilines is 1. The summed E-state index contributed by atoms with van der Waals surface area (Å²) in [4.78, 5) is 4.59. The normalized spacial score (nSPS) is 18.9. The molecule has 1 aromatic carbocycles. The van der Waals surface area contributed by atoms with Gasteiger partial charge in [0, 0.05) is 49.5 Å². The van der Waals surface area contributed by atoms with Gasteiger partial charge < -0.3 is 15.7 Å². The first-order valence-electron chi connectivity index (χ1n) is 6.30. The fraction of sp³-hybridized carbons (Fsp3) is 0.538. The van der Waals surface area contributed by atoms with Crippen LogP contribution >= 0.6 is 11.6 Å². The van der Waals surface area contributed by atoms with Gasteiger partial charge >= 0.3 is 0 Å². The van der Waals surface area contributed by atoms with E-state index in [1.807, 2.05) is 24.3 Å². The van der Waals surface area contributed by atoms with E-state index in [1.165, 1.54) is 5.69 Å². The van der Waals surface area contributed by atoms with E-state index >= 15 is 0 Å². The fourth-order valence-corrected chi connectivity index (χ4v) is 2.46. The van der Waals surface area contributed by atoms with Crippen molar-refractivity contribution >= 4 is 17.3 Å². The summed E-state index contributed by atoms with van der Waals surface area (Å²) < 4.78 is 0. The first-order chi connectivity index (χ1) is 8.74. The number of hydrogen-bond donors (Lipinski definition) is 2. The minimum absolute atomic E-state index is 0.0948. The Bertz CT molecular complexity index is 359. The molecule has 100 valence electrons. The first kappa shape index (κ1) is 13.6. The maximum absolute atomic E-state index is 9.24. The van der Waals surface area contributed by atoms with Crippen LogP contribution in [0.5, 0.6) is 0 Å². The molecule has 4 nitrogen and oxygen atoms in total. The van der Waals surface area contributed by atoms with Crippen molar-refractivity contribution in [1.29, 1.82) is 0 Å². The van der Waals surface area contributed by atoms with E-state index in [-0.39, 0.29) is 12.6 Å². The molecule has 1 aliphatic heterocycles. The van der Waals surface area contributed by atoms with Crippen molar-refractivity contribution in [2.75, 3.05) is 44.2 Å². The van der Waals surface area contributed by atoms with Crippen LogP contribution in [0, 0.1) is 0 Å². The highest BCUT2D eigenvalue weighted by Crippen LogP contribution is 2.19. The minimum atomic E-state index is 0.0948. The van der Waals surface area contributed by atoms with E-state index in [2.05, 4.69) is 9.80 Å². The third kappa shape index (κ3) is 3.14. The Balaban J connectivity index is 1.92. The third-order valence-corrected chi connectivity index (χ3v) is 3.76. The zero-order chi connectivity index (χ0) is 13.0. The molecular weight excluding hydrogens is 250 g/mol. The molecule has 0 radical (unpaired) electrons. The van der Waals surface area contributed by atoms with Gasteiger partial charge in [-0.1, -0.05) is 11.6 Å². The van der Waals surface area contributed by atoms with Gasteiger partial charge in [-0.15, -0.1) is 0 Å². The van der Waals surface area contributed by atoms with Crippen LogP contribution in [0.2, 0.25) is 5.02 Å². The van der Waals surface area contributed by atoms with Gasteiger partial charge in [0.15, 0.2) is 0 Å². The Kier molecular flexibility index (Phi) is 4.83. The lowest BCUT2D eigenvalue weighted by Crippen LogP contribution is -2.53. The average Bonchev–Trinajstić information content (AvgIpc) is 2.42. The van der Waals surface area contributed by atoms with Crippen LogP contribution in [0.15, 0.2) is 24.3 Å². The van der Waals surface area contributed by atoms with Crippen LogP contribution in [0.3, 0.4) is 0 Å². The molecule has 0 aromatic heterocycles. The second-order valence-electron chi connectivity index (χ2n) is 4.57. The predicted octanol–water partition coefficient (Wildman–Crippen LogP) is 0.782. The molecule has 18 heavy (non-hydrogen) atoms. The number of nitrogens with two attached hydrogens (primary N) is 1. The summed E-state index contributed by atoms with van der Waals surface area (Å²) in [5, 5.41) is 10.0. The highest BCUT2D eigenvalue weighted by molar-refractivity contribution is 6.30. The molecule has 1 aliphatic rings. The van der Waals surface area contributed by atoms with E-state index in [0.717, 1.165) is 31.2 Å². The molecule has 1 heterocycles. The maximum Gasteiger partial charge on any atom is 0.0599 e. The lowest BCUT2D eigenvalue weighted by Gasteiger charge is -2.39. The maximum atomic E-state index is 9.24. The number of rotatable bonds is 4. The second kappa shape index (κ2) is 6.38. The Morgan fingerprint density at radius 3 is 2.28 bits per heavy atom. The van der Waals surface area contributed by atoms with E-state index < -0.39 is 0 Å². The van der Waals surface area contributed by atoms with Crippen LogP contribution in [0.1, 0.15) is 0 Å². The fourth-order valence-electron chi connectivity index (χ4n) is 2.34. The van der Waals surface area contributed by atoms with Gasteiger partial charge in [-0.05, 0) is 24.3 Å². The summed E-state index contributed by atoms with van der Waals surface area (Å²) in [6.07, 6.45) is 0. The summed E-state index contributed by atoms with van der Waals surface area (Å²) in [5.41, 5.74) is 6.85. The van der Waals surface area contributed by atoms with Gasteiger partial charge in [0.1, 0.15) is 0 Å². The molecule has 1 fully saturated rings. The number of piperazine rings is 1. The minimum Gasteiger partial charge on any atom is -0.395 e. The predicted molar refractivity (Wildman–Crippen MR) is 75.2 cm³/mol. The van der Waals surface area contributed by atoms with E-state index in [4.69, 9.17) is 17.3 Å². The van der Waals surface area contributed by atoms with Gasteiger partial charge in [0.2, 0.25) is 0 Å². The molecule has 5 heteroatoms. The van der Waals surface area contributed by atoms with Crippen molar-refractivity contribution in [3.8, 4) is 0 Å². The molecular formula is C13H20ClN3O. The number of benzene rings is 1. The Morgan fingerprint density at radius 2 is 1.78 bits per heavy atom. The number of halogens is 1. The van der Waals surface area contributed by atoms with Crippen LogP contribution < -0.4 is 10.6 Å². The molecule has 1 saturated heterocycles. The standard InChI is InChI=1S/C13H20ClN3O/c14-11-1-3-12(4-2-11)16-5-7-17(8-6-16)13(9-15)10-18/h1-4,13,18H,5-10,15H2. The molecule has 0 aliphatic carbocycles. The topological polar surface area (TPSA) is 52.7 Å². The highest BCUT2D eigenvalue weighted by Gasteiger charge is 2.22. The Hall–Kier alpha value is -0.810. The van der Waals surface area contributed by atoms with Crippen LogP contribution in [0.25, 0.3) is 0 Å². The van der Waals surface area contributed by atoms with Crippen molar-refractivity contribution in [2.24, 2.45) is 5.73 Å². The molecule has 0 amide bonds. The van der Waals surface area contributed by atoms with Crippen molar-refractivity contribution in [3.05, 3.63) is 29.3 Å². The van der Waals surface area contributed by atoms with Gasteiger partial charge in [0.05, 0.1) is 6.61 Å². The lowest BCUT2D eigenvalue weighted by molar-refractivity contribution is 0.122. The van der Waals surface area contributed by atoms with Crippen molar-refractivity contribution in [1.82, 2.24) is 4.90 Å². The summed E-state index contributed by atoms with van der Waals surface area (Å²) >= 11 is 5.88. The molecule has 0 bridgehead atoms. The molecule has 0 saturated carbocycles. The number of hydrogen-bond acceptors (Lipinski definition) is 4. The van der Waals surface area contributed by atoms with Crippen molar-refractivity contribution in [2.45, 2.75) is 6.04 Å². The smallest absolute Gasteiger partial charge is 0.0599 e. The summed E-state index contributed by atoms with van der Waals surface area (Å²) in [7, 11) is 0. The zero-order valence-corrected chi connectivity index (χ0v) is 11.2. The monoisotopic (exact) mass is 269 g/mol. The zero-order valence-electron chi connectivity index (χ0n) is 10.4. The van der Waals surface area contributed by atoms with E-state index in [1.54, 1.807) is 0 Å². The van der Waals surface area contributed by atoms with Crippen LogP contribution in [-0.2, 0) is 0 Å². The molecule has 3 N–H and O–H groups in total. The third-order valence-electron chi connectivity index (χ3n) is 3.51. The molecule has 0 spiro atoms. The summed E-state index contributed by atoms with van der Waals surface area (Å²) in [6, 6.07) is 8.02. The molecule has 1 atom stereocenters. The molecule has 1 aromatic rings. The highest BCUT2D eigenvalue weighted by atomic mass is 35.5. The lowest BCUT2D eigenvalue weighted by atomic mass is 10.2. The van der Waals surface area contributed by atoms with Crippen molar-refractivity contribution in [3.63, 3.8) is 0 Å². The number of aliphatic hydroxyl groups is 1. The van der Waals surface area contributed by atoms with Crippen LogP contribution in [0.4, 0.5) is 5.69 Å². The average molecular weight is 270 g/mol. The first-order valence-corrected chi connectivity index (χ1v) is 6.68. The number of aliphatic hydroxyl groups excluding tert-OH is 1. The van der Waals surface area contributed by atoms with E-state index in [9.17, 15) is 5.11 Å². The van der Waals surface area contributed by atoms with E-state index in [0.29, 0.717) is 6.54 Å². The van der Waals surface area contributed by atoms with Gasteiger partial charge in [0.25, 0.3) is 0 Å². The van der Waals surface area contributed by atoms with Gasteiger partial charge in [-0.2, -0.15) is 0 Å². The largest absolute Gasteiger partial charge is 0.395 e. The Morgan fingerprint density at radius 1 is 1.17 bits per heavy atom. The summed E-state index contributed by atoms with van der Waals surface area (Å²) in [6.45, 7) is 4.43. The Labute approximate surface area is 113 Å². The molecule has 1 unspecified atom stereocenters. The van der Waals surface area contributed by atoms with Crippen molar-refractivity contribution < 1.29 is 5.11 Å². The van der Waals surface area contributed by atoms with Crippen LogP contribution in [-0.4, -0.2) is 55.4 Å². The molecule has 2 rings (SSSR count). The quantitative estimate of drug-likeness (QED) is 0.848. The van der Waals surface area contributed by atoms with Gasteiger partial charge in [-0.25, -0.2) is 0 Å². The second-order valence-corrected chi connectivity index (χ2v) is 5.01. The summed E-state index contributed by atoms with van der Waals surface area (Å²) in [5.74, 6) is 0. The SMILES string of the molecule is NCC(CO)N1CCN(c2ccc(Cl)cc2)CC1. The number of nitrogens with zero attached hydrogens (tertiary/aromatic N) is 2.